The van der Waals surface area contributed by atoms with Gasteiger partial charge in [-0.05, 0) is 6.07 Å². The Bertz CT molecular complexity index is 433. The quantitative estimate of drug-likeness (QED) is 0.627. The highest BCUT2D eigenvalue weighted by Crippen LogP contribution is 2.07. The Morgan fingerprint density at radius 3 is 3.17 bits per heavy atom. The second-order valence-corrected chi connectivity index (χ2v) is 2.51. The number of rotatable bonds is 1. The van der Waals surface area contributed by atoms with Crippen molar-refractivity contribution in [2.75, 3.05) is 5.73 Å². The molecule has 0 amide bonds. The SMILES string of the molecule is Nc1ccn2cc(C=O)nc2c1. The number of aldehydes is 1. The van der Waals surface area contributed by atoms with Gasteiger partial charge in [0.05, 0.1) is 0 Å². The van der Waals surface area contributed by atoms with Gasteiger partial charge in [-0.2, -0.15) is 0 Å². The number of fused-ring (bicyclic) bond motifs is 1. The maximum atomic E-state index is 10.4. The molecule has 2 N–H and O–H groups in total. The fourth-order valence-electron chi connectivity index (χ4n) is 1.07. The molecular weight excluding hydrogens is 154 g/mol. The number of carbonyl (C=O) groups excluding carboxylic acids is 1. The van der Waals surface area contributed by atoms with Crippen LogP contribution in [-0.2, 0) is 0 Å². The first-order valence-corrected chi connectivity index (χ1v) is 3.49. The van der Waals surface area contributed by atoms with Crippen molar-refractivity contribution in [3.8, 4) is 0 Å². The van der Waals surface area contributed by atoms with Crippen LogP contribution in [0.1, 0.15) is 10.5 Å². The highest BCUT2D eigenvalue weighted by molar-refractivity contribution is 5.73. The smallest absolute Gasteiger partial charge is 0.170 e. The van der Waals surface area contributed by atoms with Crippen molar-refractivity contribution in [3.63, 3.8) is 0 Å². The first-order valence-electron chi connectivity index (χ1n) is 3.49. The maximum Gasteiger partial charge on any atom is 0.170 e. The fraction of sp³-hybridized carbons (Fsp3) is 0. The van der Waals surface area contributed by atoms with Crippen molar-refractivity contribution >= 4 is 17.6 Å². The van der Waals surface area contributed by atoms with E-state index in [1.165, 1.54) is 0 Å². The summed E-state index contributed by atoms with van der Waals surface area (Å²) in [6, 6.07) is 3.47. The molecule has 4 nitrogen and oxygen atoms in total. The van der Waals surface area contributed by atoms with Crippen LogP contribution in [0.15, 0.2) is 24.5 Å². The number of nitrogens with zero attached hydrogens (tertiary/aromatic N) is 2. The van der Waals surface area contributed by atoms with Crippen LogP contribution in [0.4, 0.5) is 5.69 Å². The molecule has 4 heteroatoms. The third-order valence-corrected chi connectivity index (χ3v) is 1.62. The second-order valence-electron chi connectivity index (χ2n) is 2.51. The van der Waals surface area contributed by atoms with Crippen LogP contribution in [-0.4, -0.2) is 15.7 Å². The molecule has 2 heterocycles. The molecule has 0 unspecified atom stereocenters. The van der Waals surface area contributed by atoms with Gasteiger partial charge in [0.25, 0.3) is 0 Å². The van der Waals surface area contributed by atoms with E-state index in [4.69, 9.17) is 5.73 Å². The third-order valence-electron chi connectivity index (χ3n) is 1.62. The molecule has 2 aromatic rings. The molecule has 0 atom stereocenters. The lowest BCUT2D eigenvalue weighted by atomic mass is 10.4. The summed E-state index contributed by atoms with van der Waals surface area (Å²) >= 11 is 0. The fourth-order valence-corrected chi connectivity index (χ4v) is 1.07. The van der Waals surface area contributed by atoms with Crippen LogP contribution in [0.3, 0.4) is 0 Å². The number of hydrogen-bond acceptors (Lipinski definition) is 3. The summed E-state index contributed by atoms with van der Waals surface area (Å²) in [6.07, 6.45) is 4.13. The second kappa shape index (κ2) is 2.34. The van der Waals surface area contributed by atoms with Crippen molar-refractivity contribution in [1.82, 2.24) is 9.38 Å². The number of hydrogen-bond donors (Lipinski definition) is 1. The number of carbonyl (C=O) groups is 1. The van der Waals surface area contributed by atoms with Gasteiger partial charge in [-0.25, -0.2) is 4.98 Å². The Morgan fingerprint density at radius 1 is 1.58 bits per heavy atom. The Balaban J connectivity index is 2.75. The number of aromatic nitrogens is 2. The van der Waals surface area contributed by atoms with Crippen molar-refractivity contribution < 1.29 is 4.79 Å². The summed E-state index contributed by atoms with van der Waals surface area (Å²) < 4.78 is 1.75. The van der Waals surface area contributed by atoms with Crippen LogP contribution in [0, 0.1) is 0 Å². The van der Waals surface area contributed by atoms with Gasteiger partial charge in [0.15, 0.2) is 6.29 Å². The highest BCUT2D eigenvalue weighted by atomic mass is 16.1. The molecule has 2 rings (SSSR count). The number of anilines is 1. The number of nitrogens with two attached hydrogens (primary N) is 1. The lowest BCUT2D eigenvalue weighted by Gasteiger charge is -1.92. The van der Waals surface area contributed by atoms with E-state index >= 15 is 0 Å². The van der Waals surface area contributed by atoms with Crippen LogP contribution in [0.25, 0.3) is 5.65 Å². The first-order chi connectivity index (χ1) is 5.79. The summed E-state index contributed by atoms with van der Waals surface area (Å²) in [6.45, 7) is 0. The van der Waals surface area contributed by atoms with Crippen molar-refractivity contribution in [1.29, 1.82) is 0 Å². The molecule has 0 bridgehead atoms. The largest absolute Gasteiger partial charge is 0.399 e. The normalized spacial score (nSPS) is 10.3. The molecule has 0 fully saturated rings. The van der Waals surface area contributed by atoms with Crippen LogP contribution < -0.4 is 5.73 Å². The van der Waals surface area contributed by atoms with Gasteiger partial charge >= 0.3 is 0 Å². The molecule has 0 aliphatic rings. The predicted molar refractivity (Wildman–Crippen MR) is 45.0 cm³/mol. The average Bonchev–Trinajstić information content (AvgIpc) is 2.46. The van der Waals surface area contributed by atoms with E-state index in [1.54, 1.807) is 28.9 Å². The van der Waals surface area contributed by atoms with E-state index in [9.17, 15) is 4.79 Å². The zero-order valence-corrected chi connectivity index (χ0v) is 6.27. The van der Waals surface area contributed by atoms with Crippen molar-refractivity contribution in [3.05, 3.63) is 30.2 Å². The van der Waals surface area contributed by atoms with Crippen molar-refractivity contribution in [2.24, 2.45) is 0 Å². The van der Waals surface area contributed by atoms with Crippen LogP contribution in [0.2, 0.25) is 0 Å². The van der Waals surface area contributed by atoms with Gasteiger partial charge in [0.1, 0.15) is 11.3 Å². The monoisotopic (exact) mass is 161 g/mol. The molecular formula is C8H7N3O. The minimum absolute atomic E-state index is 0.417. The van der Waals surface area contributed by atoms with Gasteiger partial charge in [-0.1, -0.05) is 0 Å². The molecule has 0 radical (unpaired) electrons. The van der Waals surface area contributed by atoms with Crippen LogP contribution in [0.5, 0.6) is 0 Å². The van der Waals surface area contributed by atoms with E-state index in [2.05, 4.69) is 4.98 Å². The third kappa shape index (κ3) is 0.934. The number of pyridine rings is 1. The summed E-state index contributed by atoms with van der Waals surface area (Å²) in [5.74, 6) is 0. The summed E-state index contributed by atoms with van der Waals surface area (Å²) in [5, 5.41) is 0. The Morgan fingerprint density at radius 2 is 2.42 bits per heavy atom. The Labute approximate surface area is 68.6 Å². The lowest BCUT2D eigenvalue weighted by molar-refractivity contribution is 0.111. The predicted octanol–water partition coefficient (Wildman–Crippen LogP) is 0.729. The topological polar surface area (TPSA) is 60.4 Å². The van der Waals surface area contributed by atoms with Gasteiger partial charge in [-0.15, -0.1) is 0 Å². The van der Waals surface area contributed by atoms with Crippen LogP contribution >= 0.6 is 0 Å². The van der Waals surface area contributed by atoms with Gasteiger partial charge in [0.2, 0.25) is 0 Å². The first kappa shape index (κ1) is 6.84. The molecule has 60 valence electrons. The van der Waals surface area contributed by atoms with E-state index in [1.807, 2.05) is 0 Å². The van der Waals surface area contributed by atoms with E-state index in [-0.39, 0.29) is 0 Å². The lowest BCUT2D eigenvalue weighted by Crippen LogP contribution is -1.87. The summed E-state index contributed by atoms with van der Waals surface area (Å²) in [5.41, 5.74) is 7.29. The van der Waals surface area contributed by atoms with Crippen molar-refractivity contribution in [2.45, 2.75) is 0 Å². The molecule has 0 saturated carbocycles. The highest BCUT2D eigenvalue weighted by Gasteiger charge is 1.98. The molecule has 0 spiro atoms. The Kier molecular flexibility index (Phi) is 1.33. The summed E-state index contributed by atoms with van der Waals surface area (Å²) in [4.78, 5) is 14.4. The van der Waals surface area contributed by atoms with E-state index in [0.29, 0.717) is 23.3 Å². The average molecular weight is 161 g/mol. The summed E-state index contributed by atoms with van der Waals surface area (Å²) in [7, 11) is 0. The zero-order valence-electron chi connectivity index (χ0n) is 6.27. The number of nitrogen functional groups attached to an aromatic ring is 1. The molecule has 0 saturated heterocycles. The molecule has 2 aromatic heterocycles. The Hall–Kier alpha value is -1.84. The molecule has 0 aliphatic heterocycles. The minimum atomic E-state index is 0.417. The van der Waals surface area contributed by atoms with E-state index in [0.717, 1.165) is 0 Å². The van der Waals surface area contributed by atoms with Gasteiger partial charge < -0.3 is 10.1 Å². The van der Waals surface area contributed by atoms with Gasteiger partial charge in [-0.3, -0.25) is 4.79 Å². The standard InChI is InChI=1S/C8H7N3O/c9-6-1-2-11-4-7(5-12)10-8(11)3-6/h1-5H,9H2. The number of imidazole rings is 1. The van der Waals surface area contributed by atoms with E-state index < -0.39 is 0 Å². The maximum absolute atomic E-state index is 10.4. The molecule has 0 aliphatic carbocycles. The van der Waals surface area contributed by atoms with Gasteiger partial charge in [0, 0.05) is 24.1 Å². The zero-order chi connectivity index (χ0) is 8.55. The minimum Gasteiger partial charge on any atom is -0.399 e. The molecule has 12 heavy (non-hydrogen) atoms. The molecule has 0 aromatic carbocycles.